The Labute approximate surface area is 233 Å². The summed E-state index contributed by atoms with van der Waals surface area (Å²) in [4.78, 5) is 9.33. The maximum absolute atomic E-state index is 13.7. The highest BCUT2D eigenvalue weighted by molar-refractivity contribution is 7.92. The quantitative estimate of drug-likeness (QED) is 0.0869. The van der Waals surface area contributed by atoms with E-state index in [1.54, 1.807) is 56.5 Å². The average molecular weight is 570 g/mol. The first-order valence-electron chi connectivity index (χ1n) is 12.0. The molecule has 0 atom stereocenters. The summed E-state index contributed by atoms with van der Waals surface area (Å²) >= 11 is 6.41. The van der Waals surface area contributed by atoms with Crippen molar-refractivity contribution in [1.82, 2.24) is 9.97 Å². The standard InChI is InChI=1S/C27H32ClN7O3S/c1-18-11-12-19(32-35(4,5)17-34(2)3)15-25(18)39(36,37)33-27-26(29-22-9-7-8-10-23(22)30-27)31-24-16-20(38-6)13-14-21(24)28/h7-17,32H,1-6H3,(H,29,31)(H,30,33)/q+2. The van der Waals surface area contributed by atoms with Crippen LogP contribution in [0.15, 0.2) is 65.6 Å². The van der Waals surface area contributed by atoms with Crippen LogP contribution in [0.4, 0.5) is 23.0 Å². The Morgan fingerprint density at radius 2 is 1.64 bits per heavy atom. The lowest BCUT2D eigenvalue weighted by Crippen LogP contribution is -2.45. The zero-order valence-electron chi connectivity index (χ0n) is 22.7. The third-order valence-electron chi connectivity index (χ3n) is 5.64. The van der Waals surface area contributed by atoms with Gasteiger partial charge in [0.15, 0.2) is 11.6 Å². The number of aryl methyl sites for hydroxylation is 1. The number of benzene rings is 3. The number of hydrogen-bond acceptors (Lipinski definition) is 7. The number of nitrogens with one attached hydrogen (secondary N) is 3. The minimum atomic E-state index is -4.07. The number of quaternary nitrogens is 1. The van der Waals surface area contributed by atoms with Gasteiger partial charge in [-0.2, -0.15) is 4.58 Å². The van der Waals surface area contributed by atoms with Crippen molar-refractivity contribution in [2.24, 2.45) is 0 Å². The average Bonchev–Trinajstić information content (AvgIpc) is 2.85. The smallest absolute Gasteiger partial charge is 0.350 e. The van der Waals surface area contributed by atoms with Crippen LogP contribution in [0.3, 0.4) is 0 Å². The highest BCUT2D eigenvalue weighted by Gasteiger charge is 2.24. The summed E-state index contributed by atoms with van der Waals surface area (Å²) in [6, 6.07) is 17.5. The van der Waals surface area contributed by atoms with E-state index in [0.29, 0.717) is 43.3 Å². The molecule has 204 valence electrons. The first-order valence-corrected chi connectivity index (χ1v) is 13.9. The Bertz CT molecular complexity index is 1670. The SMILES string of the molecule is COc1ccc(Cl)c(Nc2nc3ccccc3nc2NS(=O)(=O)c2cc(N[N+](C)(C)C=[N+](C)C)ccc2C)c1. The second kappa shape index (κ2) is 11.0. The number of para-hydroxylation sites is 2. The van der Waals surface area contributed by atoms with Gasteiger partial charge in [-0.15, -0.1) is 4.59 Å². The molecule has 0 aliphatic rings. The fraction of sp³-hybridized carbons (Fsp3) is 0.222. The van der Waals surface area contributed by atoms with Crippen LogP contribution < -0.4 is 20.2 Å². The van der Waals surface area contributed by atoms with Crippen LogP contribution in [0.1, 0.15) is 5.56 Å². The molecule has 1 heterocycles. The minimum absolute atomic E-state index is 0.0300. The van der Waals surface area contributed by atoms with Gasteiger partial charge >= 0.3 is 6.34 Å². The van der Waals surface area contributed by atoms with E-state index in [1.165, 1.54) is 0 Å². The molecule has 3 aromatic carbocycles. The molecule has 0 spiro atoms. The molecule has 1 aromatic heterocycles. The molecule has 0 radical (unpaired) electrons. The molecule has 39 heavy (non-hydrogen) atoms. The molecular weight excluding hydrogens is 538 g/mol. The lowest BCUT2D eigenvalue weighted by Gasteiger charge is -2.23. The maximum Gasteiger partial charge on any atom is 0.350 e. The molecule has 0 aliphatic carbocycles. The van der Waals surface area contributed by atoms with Crippen molar-refractivity contribution in [1.29, 1.82) is 0 Å². The fourth-order valence-corrected chi connectivity index (χ4v) is 5.54. The molecule has 0 fully saturated rings. The number of methoxy groups -OCH3 is 1. The molecule has 12 heteroatoms. The van der Waals surface area contributed by atoms with Gasteiger partial charge in [0.05, 0.1) is 39.4 Å². The van der Waals surface area contributed by atoms with Crippen LogP contribution in [0.5, 0.6) is 5.75 Å². The zero-order chi connectivity index (χ0) is 28.4. The molecule has 0 aliphatic heterocycles. The molecular formula is C27H32ClN7O3S+2. The first kappa shape index (κ1) is 28.1. The van der Waals surface area contributed by atoms with Gasteiger partial charge in [0, 0.05) is 6.07 Å². The molecule has 0 unspecified atom stereocenters. The number of rotatable bonds is 9. The third kappa shape index (κ3) is 6.75. The third-order valence-corrected chi connectivity index (χ3v) is 7.45. The van der Waals surface area contributed by atoms with Crippen molar-refractivity contribution in [3.8, 4) is 5.75 Å². The maximum atomic E-state index is 13.7. The number of hydrogen-bond donors (Lipinski definition) is 3. The van der Waals surface area contributed by atoms with E-state index >= 15 is 0 Å². The van der Waals surface area contributed by atoms with E-state index in [1.807, 2.05) is 57.3 Å². The van der Waals surface area contributed by atoms with Gasteiger partial charge in [0.1, 0.15) is 33.9 Å². The molecule has 0 amide bonds. The van der Waals surface area contributed by atoms with Gasteiger partial charge in [0.25, 0.3) is 10.0 Å². The van der Waals surface area contributed by atoms with E-state index in [9.17, 15) is 8.42 Å². The van der Waals surface area contributed by atoms with Crippen molar-refractivity contribution < 1.29 is 22.3 Å². The van der Waals surface area contributed by atoms with Gasteiger partial charge in [-0.1, -0.05) is 29.8 Å². The van der Waals surface area contributed by atoms with Crippen LogP contribution in [0, 0.1) is 6.92 Å². The molecule has 0 saturated heterocycles. The van der Waals surface area contributed by atoms with Crippen LogP contribution in [0.25, 0.3) is 11.0 Å². The van der Waals surface area contributed by atoms with Crippen LogP contribution in [-0.4, -0.2) is 69.2 Å². The summed E-state index contributed by atoms with van der Waals surface area (Å²) in [7, 11) is 5.21. The number of fused-ring (bicyclic) bond motifs is 1. The summed E-state index contributed by atoms with van der Waals surface area (Å²) in [5, 5.41) is 3.53. The monoisotopic (exact) mass is 569 g/mol. The number of aromatic nitrogens is 2. The normalized spacial score (nSPS) is 11.7. The lowest BCUT2D eigenvalue weighted by molar-refractivity contribution is -0.792. The molecule has 3 N–H and O–H groups in total. The lowest BCUT2D eigenvalue weighted by atomic mass is 10.2. The minimum Gasteiger partial charge on any atom is -0.497 e. The second-order valence-corrected chi connectivity index (χ2v) is 11.8. The Hall–Kier alpha value is -3.93. The highest BCUT2D eigenvalue weighted by atomic mass is 35.5. The number of sulfonamides is 1. The van der Waals surface area contributed by atoms with Crippen molar-refractivity contribution in [3.05, 3.63) is 71.2 Å². The van der Waals surface area contributed by atoms with E-state index < -0.39 is 10.0 Å². The number of anilines is 4. The topological polar surface area (TPSA) is 108 Å². The Kier molecular flexibility index (Phi) is 7.96. The summed E-state index contributed by atoms with van der Waals surface area (Å²) in [5.41, 5.74) is 6.13. The summed E-state index contributed by atoms with van der Waals surface area (Å²) in [6.45, 7) is 1.74. The van der Waals surface area contributed by atoms with Crippen molar-refractivity contribution >= 4 is 62.0 Å². The van der Waals surface area contributed by atoms with Crippen molar-refractivity contribution in [2.45, 2.75) is 11.8 Å². The molecule has 4 rings (SSSR count). The number of nitrogens with zero attached hydrogens (tertiary/aromatic N) is 4. The van der Waals surface area contributed by atoms with Crippen molar-refractivity contribution in [3.63, 3.8) is 0 Å². The predicted octanol–water partition coefficient (Wildman–Crippen LogP) is 4.85. The largest absolute Gasteiger partial charge is 0.497 e. The van der Waals surface area contributed by atoms with Crippen LogP contribution in [-0.2, 0) is 10.0 Å². The van der Waals surface area contributed by atoms with E-state index in [4.69, 9.17) is 16.3 Å². The zero-order valence-corrected chi connectivity index (χ0v) is 24.2. The molecule has 4 aromatic rings. The predicted molar refractivity (Wildman–Crippen MR) is 157 cm³/mol. The Morgan fingerprint density at radius 3 is 2.28 bits per heavy atom. The molecule has 10 nitrogen and oxygen atoms in total. The van der Waals surface area contributed by atoms with Crippen molar-refractivity contribution in [2.75, 3.05) is 50.8 Å². The van der Waals surface area contributed by atoms with Crippen LogP contribution in [0.2, 0.25) is 5.02 Å². The first-order chi connectivity index (χ1) is 18.4. The van der Waals surface area contributed by atoms with Crippen LogP contribution >= 0.6 is 11.6 Å². The van der Waals surface area contributed by atoms with E-state index in [0.717, 1.165) is 0 Å². The number of ether oxygens (including phenoxy) is 1. The second-order valence-electron chi connectivity index (χ2n) is 9.70. The van der Waals surface area contributed by atoms with Gasteiger partial charge in [-0.25, -0.2) is 23.8 Å². The van der Waals surface area contributed by atoms with Gasteiger partial charge in [0.2, 0.25) is 0 Å². The molecule has 0 bridgehead atoms. The summed E-state index contributed by atoms with van der Waals surface area (Å²) in [5.74, 6) is 0.797. The van der Waals surface area contributed by atoms with E-state index in [2.05, 4.69) is 25.4 Å². The van der Waals surface area contributed by atoms with Gasteiger partial charge in [-0.3, -0.25) is 4.72 Å². The van der Waals surface area contributed by atoms with E-state index in [-0.39, 0.29) is 16.5 Å². The highest BCUT2D eigenvalue weighted by Crippen LogP contribution is 2.33. The Morgan fingerprint density at radius 1 is 0.974 bits per heavy atom. The van der Waals surface area contributed by atoms with Gasteiger partial charge < -0.3 is 10.1 Å². The Balaban J connectivity index is 1.75. The molecule has 0 saturated carbocycles. The fourth-order valence-electron chi connectivity index (χ4n) is 4.09. The number of halogens is 1. The van der Waals surface area contributed by atoms with Gasteiger partial charge in [-0.05, 0) is 48.9 Å². The summed E-state index contributed by atoms with van der Waals surface area (Å²) < 4.78 is 37.6. The summed E-state index contributed by atoms with van der Waals surface area (Å²) in [6.07, 6.45) is 1.94.